The second-order valence-electron chi connectivity index (χ2n) is 7.22. The molecule has 0 radical (unpaired) electrons. The van der Waals surface area contributed by atoms with E-state index in [1.165, 1.54) is 26.4 Å². The van der Waals surface area contributed by atoms with Crippen molar-refractivity contribution in [1.82, 2.24) is 5.32 Å². The number of hydrogen-bond acceptors (Lipinski definition) is 6. The molecule has 0 bridgehead atoms. The second-order valence-corrected chi connectivity index (χ2v) is 7.22. The van der Waals surface area contributed by atoms with E-state index in [2.05, 4.69) is 10.6 Å². The number of benzene rings is 2. The van der Waals surface area contributed by atoms with Gasteiger partial charge in [0.2, 0.25) is 0 Å². The Morgan fingerprint density at radius 3 is 2.44 bits per heavy atom. The first kappa shape index (κ1) is 24.5. The SMILES string of the molecule is COc1cccc(/C=C/C(=O)OCC(=O)Nc2ccccc2C(=O)NCC(C)C)c1OC. The van der Waals surface area contributed by atoms with Crippen molar-refractivity contribution in [2.45, 2.75) is 13.8 Å². The van der Waals surface area contributed by atoms with E-state index in [1.807, 2.05) is 13.8 Å². The number of ether oxygens (including phenoxy) is 3. The summed E-state index contributed by atoms with van der Waals surface area (Å²) < 4.78 is 15.5. The van der Waals surface area contributed by atoms with Crippen LogP contribution in [0.15, 0.2) is 48.5 Å². The topological polar surface area (TPSA) is 103 Å². The van der Waals surface area contributed by atoms with Crippen LogP contribution in [0.1, 0.15) is 29.8 Å². The van der Waals surface area contributed by atoms with Gasteiger partial charge in [-0.05, 0) is 30.2 Å². The zero-order chi connectivity index (χ0) is 23.5. The third kappa shape index (κ3) is 7.16. The van der Waals surface area contributed by atoms with Crippen molar-refractivity contribution in [3.63, 3.8) is 0 Å². The maximum Gasteiger partial charge on any atom is 0.331 e. The van der Waals surface area contributed by atoms with Crippen molar-refractivity contribution in [1.29, 1.82) is 0 Å². The maximum atomic E-state index is 12.4. The molecule has 0 aromatic heterocycles. The zero-order valence-electron chi connectivity index (χ0n) is 18.6. The Bertz CT molecular complexity index is 984. The van der Waals surface area contributed by atoms with Crippen molar-refractivity contribution in [3.05, 3.63) is 59.7 Å². The number of rotatable bonds is 10. The molecule has 32 heavy (non-hydrogen) atoms. The summed E-state index contributed by atoms with van der Waals surface area (Å²) in [5.41, 5.74) is 1.29. The smallest absolute Gasteiger partial charge is 0.331 e. The Morgan fingerprint density at radius 1 is 1.00 bits per heavy atom. The third-order valence-electron chi connectivity index (χ3n) is 4.29. The Kier molecular flexibility index (Phi) is 9.28. The molecule has 0 unspecified atom stereocenters. The molecular weight excluding hydrogens is 412 g/mol. The van der Waals surface area contributed by atoms with Gasteiger partial charge in [0.25, 0.3) is 11.8 Å². The van der Waals surface area contributed by atoms with Gasteiger partial charge in [-0.2, -0.15) is 0 Å². The Hall–Kier alpha value is -3.81. The number of amides is 2. The third-order valence-corrected chi connectivity index (χ3v) is 4.29. The number of methoxy groups -OCH3 is 2. The molecule has 2 aromatic rings. The quantitative estimate of drug-likeness (QED) is 0.434. The molecular formula is C24H28N2O6. The van der Waals surface area contributed by atoms with Gasteiger partial charge in [0.1, 0.15) is 0 Å². The lowest BCUT2D eigenvalue weighted by atomic mass is 10.1. The molecule has 0 saturated heterocycles. The summed E-state index contributed by atoms with van der Waals surface area (Å²) >= 11 is 0. The number of carbonyl (C=O) groups excluding carboxylic acids is 3. The molecule has 0 saturated carbocycles. The molecule has 0 aliphatic carbocycles. The van der Waals surface area contributed by atoms with E-state index in [0.29, 0.717) is 40.8 Å². The molecule has 0 heterocycles. The monoisotopic (exact) mass is 440 g/mol. The molecule has 2 aromatic carbocycles. The minimum Gasteiger partial charge on any atom is -0.493 e. The van der Waals surface area contributed by atoms with Gasteiger partial charge < -0.3 is 24.8 Å². The average molecular weight is 440 g/mol. The van der Waals surface area contributed by atoms with E-state index in [0.717, 1.165) is 0 Å². The lowest BCUT2D eigenvalue weighted by Crippen LogP contribution is -2.29. The largest absolute Gasteiger partial charge is 0.493 e. The average Bonchev–Trinajstić information content (AvgIpc) is 2.79. The number of nitrogens with one attached hydrogen (secondary N) is 2. The van der Waals surface area contributed by atoms with Crippen molar-refractivity contribution >= 4 is 29.5 Å². The second kappa shape index (κ2) is 12.1. The Labute approximate surface area is 187 Å². The normalized spacial score (nSPS) is 10.7. The van der Waals surface area contributed by atoms with Crippen molar-refractivity contribution < 1.29 is 28.6 Å². The van der Waals surface area contributed by atoms with Crippen LogP contribution in [-0.2, 0) is 14.3 Å². The maximum absolute atomic E-state index is 12.4. The first-order valence-electron chi connectivity index (χ1n) is 10.1. The summed E-state index contributed by atoms with van der Waals surface area (Å²) in [6.45, 7) is 3.99. The molecule has 8 heteroatoms. The summed E-state index contributed by atoms with van der Waals surface area (Å²) in [6.07, 6.45) is 2.70. The summed E-state index contributed by atoms with van der Waals surface area (Å²) in [6, 6.07) is 11.9. The van der Waals surface area contributed by atoms with Crippen LogP contribution >= 0.6 is 0 Å². The molecule has 2 rings (SSSR count). The van der Waals surface area contributed by atoms with Crippen molar-refractivity contribution in [2.24, 2.45) is 5.92 Å². The predicted octanol–water partition coefficient (Wildman–Crippen LogP) is 3.28. The molecule has 170 valence electrons. The van der Waals surface area contributed by atoms with E-state index < -0.39 is 18.5 Å². The van der Waals surface area contributed by atoms with Gasteiger partial charge in [0.05, 0.1) is 25.5 Å². The Balaban J connectivity index is 1.95. The Morgan fingerprint density at radius 2 is 1.75 bits per heavy atom. The molecule has 8 nitrogen and oxygen atoms in total. The van der Waals surface area contributed by atoms with Gasteiger partial charge >= 0.3 is 5.97 Å². The van der Waals surface area contributed by atoms with Crippen molar-refractivity contribution in [3.8, 4) is 11.5 Å². The summed E-state index contributed by atoms with van der Waals surface area (Å²) in [4.78, 5) is 36.6. The van der Waals surface area contributed by atoms with Crippen LogP contribution in [0.5, 0.6) is 11.5 Å². The van der Waals surface area contributed by atoms with Gasteiger partial charge in [-0.15, -0.1) is 0 Å². The van der Waals surface area contributed by atoms with Crippen LogP contribution in [0.3, 0.4) is 0 Å². The molecule has 2 amide bonds. The van der Waals surface area contributed by atoms with Gasteiger partial charge in [-0.25, -0.2) is 4.79 Å². The molecule has 0 atom stereocenters. The van der Waals surface area contributed by atoms with Crippen LogP contribution in [0.25, 0.3) is 6.08 Å². The van der Waals surface area contributed by atoms with Crippen LogP contribution in [-0.4, -0.2) is 45.2 Å². The zero-order valence-corrected chi connectivity index (χ0v) is 18.6. The summed E-state index contributed by atoms with van der Waals surface area (Å²) in [5, 5.41) is 5.41. The molecule has 2 N–H and O–H groups in total. The lowest BCUT2D eigenvalue weighted by molar-refractivity contribution is -0.142. The first-order valence-corrected chi connectivity index (χ1v) is 10.1. The minimum atomic E-state index is -0.701. The van der Waals surface area contributed by atoms with Crippen LogP contribution in [0, 0.1) is 5.92 Å². The number of esters is 1. The van der Waals surface area contributed by atoms with Crippen molar-refractivity contribution in [2.75, 3.05) is 32.7 Å². The summed E-state index contributed by atoms with van der Waals surface area (Å²) in [7, 11) is 3.02. The lowest BCUT2D eigenvalue weighted by Gasteiger charge is -2.12. The van der Waals surface area contributed by atoms with Gasteiger partial charge in [-0.1, -0.05) is 38.1 Å². The highest BCUT2D eigenvalue weighted by molar-refractivity contribution is 6.04. The highest BCUT2D eigenvalue weighted by atomic mass is 16.5. The summed E-state index contributed by atoms with van der Waals surface area (Å²) in [5.74, 6) is -0.252. The molecule has 0 fully saturated rings. The fourth-order valence-corrected chi connectivity index (χ4v) is 2.75. The predicted molar refractivity (Wildman–Crippen MR) is 122 cm³/mol. The van der Waals surface area contributed by atoms with E-state index in [1.54, 1.807) is 42.5 Å². The molecule has 0 aliphatic heterocycles. The highest BCUT2D eigenvalue weighted by Crippen LogP contribution is 2.31. The van der Waals surface area contributed by atoms with E-state index in [-0.39, 0.29) is 5.91 Å². The molecule has 0 spiro atoms. The number of anilines is 1. The number of carbonyl (C=O) groups is 3. The fourth-order valence-electron chi connectivity index (χ4n) is 2.75. The fraction of sp³-hybridized carbons (Fsp3) is 0.292. The van der Waals surface area contributed by atoms with Crippen LogP contribution < -0.4 is 20.1 Å². The van der Waals surface area contributed by atoms with Gasteiger partial charge in [0.15, 0.2) is 18.1 Å². The minimum absolute atomic E-state index is 0.290. The van der Waals surface area contributed by atoms with Crippen LogP contribution in [0.4, 0.5) is 5.69 Å². The highest BCUT2D eigenvalue weighted by Gasteiger charge is 2.14. The van der Waals surface area contributed by atoms with Gasteiger partial charge in [0, 0.05) is 18.2 Å². The first-order chi connectivity index (χ1) is 15.3. The number of para-hydroxylation sites is 2. The van der Waals surface area contributed by atoms with Crippen LogP contribution in [0.2, 0.25) is 0 Å². The van der Waals surface area contributed by atoms with Gasteiger partial charge in [-0.3, -0.25) is 9.59 Å². The van der Waals surface area contributed by atoms with E-state index in [4.69, 9.17) is 14.2 Å². The standard InChI is InChI=1S/C24H28N2O6/c1-16(2)14-25-24(29)18-9-5-6-10-19(18)26-21(27)15-32-22(28)13-12-17-8-7-11-20(30-3)23(17)31-4/h5-13,16H,14-15H2,1-4H3,(H,25,29)(H,26,27)/b13-12+. The van der Waals surface area contributed by atoms with E-state index in [9.17, 15) is 14.4 Å². The number of hydrogen-bond donors (Lipinski definition) is 2. The molecule has 0 aliphatic rings. The van der Waals surface area contributed by atoms with E-state index >= 15 is 0 Å².